The van der Waals surface area contributed by atoms with E-state index in [0.717, 1.165) is 6.42 Å². The van der Waals surface area contributed by atoms with Gasteiger partial charge in [-0.05, 0) is 30.7 Å². The van der Waals surface area contributed by atoms with Crippen LogP contribution in [0.2, 0.25) is 0 Å². The Morgan fingerprint density at radius 3 is 2.63 bits per heavy atom. The maximum absolute atomic E-state index is 12.5. The lowest BCUT2D eigenvalue weighted by molar-refractivity contribution is -0.136. The average molecular weight is 377 g/mol. The first-order valence-electron chi connectivity index (χ1n) is 9.42. The Balaban J connectivity index is 1.82. The molecule has 27 heavy (non-hydrogen) atoms. The molecule has 0 bridgehead atoms. The molecule has 1 aliphatic rings. The Morgan fingerprint density at radius 2 is 2.00 bits per heavy atom. The summed E-state index contributed by atoms with van der Waals surface area (Å²) in [6, 6.07) is 1.59. The van der Waals surface area contributed by atoms with E-state index in [1.165, 1.54) is 10.8 Å². The molecule has 0 radical (unpaired) electrons. The number of aryl methyl sites for hydroxylation is 2. The molecule has 1 aliphatic heterocycles. The number of amides is 2. The highest BCUT2D eigenvalue weighted by Gasteiger charge is 2.37. The minimum Gasteiger partial charge on any atom is -0.381 e. The van der Waals surface area contributed by atoms with Crippen molar-refractivity contribution in [1.82, 2.24) is 15.2 Å². The topological polar surface area (TPSA) is 89.4 Å². The lowest BCUT2D eigenvalue weighted by Crippen LogP contribution is -2.46. The van der Waals surface area contributed by atoms with Gasteiger partial charge < -0.3 is 19.9 Å². The molecule has 1 saturated heterocycles. The van der Waals surface area contributed by atoms with Crippen LogP contribution in [0.25, 0.3) is 0 Å². The Kier molecular flexibility index (Phi) is 6.81. The van der Waals surface area contributed by atoms with Crippen LogP contribution in [0.4, 0.5) is 0 Å². The molecule has 0 aromatic carbocycles. The lowest BCUT2D eigenvalue weighted by Gasteiger charge is -2.37. The predicted molar refractivity (Wildman–Crippen MR) is 104 cm³/mol. The SMILES string of the molecule is Cc1cc(C(=O)NCC(C)CNC(=O)C2CCOCC2(C)C)cn(C)c1=O. The largest absolute Gasteiger partial charge is 0.381 e. The van der Waals surface area contributed by atoms with Crippen LogP contribution in [-0.4, -0.2) is 42.7 Å². The van der Waals surface area contributed by atoms with E-state index in [4.69, 9.17) is 4.74 Å². The number of carbonyl (C=O) groups excluding carboxylic acids is 2. The Labute approximate surface area is 160 Å². The number of aromatic nitrogens is 1. The molecule has 2 unspecified atom stereocenters. The van der Waals surface area contributed by atoms with Crippen LogP contribution in [0.1, 0.15) is 43.1 Å². The maximum atomic E-state index is 12.5. The van der Waals surface area contributed by atoms with E-state index in [9.17, 15) is 14.4 Å². The van der Waals surface area contributed by atoms with Crippen LogP contribution < -0.4 is 16.2 Å². The Bertz CT molecular complexity index is 728. The maximum Gasteiger partial charge on any atom is 0.253 e. The number of hydrogen-bond donors (Lipinski definition) is 2. The van der Waals surface area contributed by atoms with Crippen LogP contribution in [0.5, 0.6) is 0 Å². The highest BCUT2D eigenvalue weighted by Crippen LogP contribution is 2.33. The van der Waals surface area contributed by atoms with Crippen LogP contribution in [0, 0.1) is 24.2 Å². The molecule has 2 heterocycles. The van der Waals surface area contributed by atoms with Gasteiger partial charge in [0.1, 0.15) is 0 Å². The first-order chi connectivity index (χ1) is 12.6. The Morgan fingerprint density at radius 1 is 1.33 bits per heavy atom. The van der Waals surface area contributed by atoms with Gasteiger partial charge in [-0.1, -0.05) is 20.8 Å². The molecule has 1 fully saturated rings. The molecule has 0 spiro atoms. The van der Waals surface area contributed by atoms with Crippen LogP contribution in [0.3, 0.4) is 0 Å². The summed E-state index contributed by atoms with van der Waals surface area (Å²) >= 11 is 0. The highest BCUT2D eigenvalue weighted by atomic mass is 16.5. The fraction of sp³-hybridized carbons (Fsp3) is 0.650. The number of nitrogens with one attached hydrogen (secondary N) is 2. The summed E-state index contributed by atoms with van der Waals surface area (Å²) in [6.45, 7) is 9.92. The van der Waals surface area contributed by atoms with E-state index in [1.54, 1.807) is 20.0 Å². The van der Waals surface area contributed by atoms with E-state index >= 15 is 0 Å². The number of hydrogen-bond acceptors (Lipinski definition) is 4. The molecule has 0 aliphatic carbocycles. The summed E-state index contributed by atoms with van der Waals surface area (Å²) in [7, 11) is 1.63. The molecule has 2 atom stereocenters. The number of nitrogens with zero attached hydrogens (tertiary/aromatic N) is 1. The summed E-state index contributed by atoms with van der Waals surface area (Å²) in [5, 5.41) is 5.87. The summed E-state index contributed by atoms with van der Waals surface area (Å²) < 4.78 is 6.88. The lowest BCUT2D eigenvalue weighted by atomic mass is 9.75. The van der Waals surface area contributed by atoms with Gasteiger partial charge in [-0.2, -0.15) is 0 Å². The second kappa shape index (κ2) is 8.69. The summed E-state index contributed by atoms with van der Waals surface area (Å²) in [5.74, 6) is -0.135. The third kappa shape index (κ3) is 5.42. The molecule has 2 amide bonds. The third-order valence-corrected chi connectivity index (χ3v) is 5.15. The average Bonchev–Trinajstić information content (AvgIpc) is 2.61. The third-order valence-electron chi connectivity index (χ3n) is 5.15. The highest BCUT2D eigenvalue weighted by molar-refractivity contribution is 5.94. The molecule has 0 saturated carbocycles. The van der Waals surface area contributed by atoms with Crippen molar-refractivity contribution in [2.45, 2.75) is 34.1 Å². The van der Waals surface area contributed by atoms with Crippen molar-refractivity contribution in [1.29, 1.82) is 0 Å². The van der Waals surface area contributed by atoms with Crippen molar-refractivity contribution >= 4 is 11.8 Å². The standard InChI is InChI=1S/C20H31N3O4/c1-13(10-22-18(25)16-6-7-27-12-20(16,3)4)9-21-17(24)15-8-14(2)19(26)23(5)11-15/h8,11,13,16H,6-7,9-10,12H2,1-5H3,(H,21,24)(H,22,25). The van der Waals surface area contributed by atoms with Gasteiger partial charge in [0.05, 0.1) is 12.2 Å². The van der Waals surface area contributed by atoms with E-state index in [1.807, 2.05) is 6.92 Å². The number of pyridine rings is 1. The van der Waals surface area contributed by atoms with Gasteiger partial charge in [0.2, 0.25) is 5.91 Å². The number of carbonyl (C=O) groups is 2. The van der Waals surface area contributed by atoms with Gasteiger partial charge >= 0.3 is 0 Å². The van der Waals surface area contributed by atoms with E-state index in [0.29, 0.717) is 37.4 Å². The van der Waals surface area contributed by atoms with Gasteiger partial charge in [-0.15, -0.1) is 0 Å². The Hall–Kier alpha value is -2.15. The van der Waals surface area contributed by atoms with Crippen molar-refractivity contribution in [2.75, 3.05) is 26.3 Å². The van der Waals surface area contributed by atoms with Crippen molar-refractivity contribution in [3.63, 3.8) is 0 Å². The number of rotatable bonds is 6. The zero-order valence-corrected chi connectivity index (χ0v) is 16.9. The fourth-order valence-electron chi connectivity index (χ4n) is 3.35. The second-order valence-corrected chi connectivity index (χ2v) is 8.27. The van der Waals surface area contributed by atoms with Gasteiger partial charge in [-0.3, -0.25) is 14.4 Å². The van der Waals surface area contributed by atoms with Gasteiger partial charge in [0.15, 0.2) is 0 Å². The van der Waals surface area contributed by atoms with Gasteiger partial charge in [0.25, 0.3) is 11.5 Å². The quantitative estimate of drug-likeness (QED) is 0.781. The van der Waals surface area contributed by atoms with E-state index in [-0.39, 0.29) is 34.6 Å². The summed E-state index contributed by atoms with van der Waals surface area (Å²) in [4.78, 5) is 36.5. The summed E-state index contributed by atoms with van der Waals surface area (Å²) in [6.07, 6.45) is 2.26. The monoisotopic (exact) mass is 377 g/mol. The molecule has 7 heteroatoms. The van der Waals surface area contributed by atoms with Crippen LogP contribution >= 0.6 is 0 Å². The zero-order valence-electron chi connectivity index (χ0n) is 16.9. The van der Waals surface area contributed by atoms with Crippen molar-refractivity contribution in [3.05, 3.63) is 33.7 Å². The normalized spacial score (nSPS) is 20.0. The van der Waals surface area contributed by atoms with Crippen molar-refractivity contribution < 1.29 is 14.3 Å². The molecule has 1 aromatic heterocycles. The summed E-state index contributed by atoms with van der Waals surface area (Å²) in [5.41, 5.74) is 0.707. The molecule has 2 rings (SSSR count). The molecular weight excluding hydrogens is 346 g/mol. The van der Waals surface area contributed by atoms with Crippen molar-refractivity contribution in [2.24, 2.45) is 24.3 Å². The first-order valence-corrected chi connectivity index (χ1v) is 9.42. The zero-order chi connectivity index (χ0) is 20.2. The molecule has 1 aromatic rings. The minimum atomic E-state index is -0.225. The number of ether oxygens (including phenoxy) is 1. The minimum absolute atomic E-state index is 0.0511. The van der Waals surface area contributed by atoms with Crippen LogP contribution in [-0.2, 0) is 16.6 Å². The molecular formula is C20H31N3O4. The smallest absolute Gasteiger partial charge is 0.253 e. The molecule has 150 valence electrons. The van der Waals surface area contributed by atoms with Gasteiger partial charge in [0, 0.05) is 44.4 Å². The predicted octanol–water partition coefficient (Wildman–Crippen LogP) is 1.24. The van der Waals surface area contributed by atoms with E-state index in [2.05, 4.69) is 24.5 Å². The van der Waals surface area contributed by atoms with Crippen LogP contribution in [0.15, 0.2) is 17.1 Å². The van der Waals surface area contributed by atoms with E-state index < -0.39 is 0 Å². The van der Waals surface area contributed by atoms with Crippen molar-refractivity contribution in [3.8, 4) is 0 Å². The fourth-order valence-corrected chi connectivity index (χ4v) is 3.35. The second-order valence-electron chi connectivity index (χ2n) is 8.27. The first kappa shape index (κ1) is 21.2. The molecule has 7 nitrogen and oxygen atoms in total. The van der Waals surface area contributed by atoms with Gasteiger partial charge in [-0.25, -0.2) is 0 Å². The molecule has 2 N–H and O–H groups in total.